The SMILES string of the molecule is Cn1nnc2ccc(C(O)(c3ccc(Cl)cc3)c3nccs3)cc21. The molecular formula is C17H13ClN4OS. The van der Waals surface area contributed by atoms with Gasteiger partial charge in [-0.25, -0.2) is 9.67 Å². The van der Waals surface area contributed by atoms with Gasteiger partial charge in [0.1, 0.15) is 10.5 Å². The predicted molar refractivity (Wildman–Crippen MR) is 94.2 cm³/mol. The molecule has 2 aromatic heterocycles. The summed E-state index contributed by atoms with van der Waals surface area (Å²) in [6.45, 7) is 0. The van der Waals surface area contributed by atoms with Gasteiger partial charge in [0.05, 0.1) is 5.52 Å². The third-order valence-corrected chi connectivity index (χ3v) is 5.17. The number of nitrogens with zero attached hydrogens (tertiary/aromatic N) is 4. The highest BCUT2D eigenvalue weighted by atomic mass is 35.5. The summed E-state index contributed by atoms with van der Waals surface area (Å²) in [5, 5.41) is 22.8. The molecule has 7 heteroatoms. The molecule has 1 atom stereocenters. The number of halogens is 1. The topological polar surface area (TPSA) is 63.8 Å². The zero-order valence-electron chi connectivity index (χ0n) is 12.7. The Morgan fingerprint density at radius 2 is 1.88 bits per heavy atom. The largest absolute Gasteiger partial charge is 0.374 e. The van der Waals surface area contributed by atoms with Crippen LogP contribution >= 0.6 is 22.9 Å². The van der Waals surface area contributed by atoms with Gasteiger partial charge in [-0.3, -0.25) is 0 Å². The molecule has 1 unspecified atom stereocenters. The van der Waals surface area contributed by atoms with Gasteiger partial charge in [0.25, 0.3) is 0 Å². The summed E-state index contributed by atoms with van der Waals surface area (Å²) in [5.74, 6) is 0. The van der Waals surface area contributed by atoms with Crippen LogP contribution in [0.1, 0.15) is 16.1 Å². The van der Waals surface area contributed by atoms with Crippen LogP contribution in [0, 0.1) is 0 Å². The average molecular weight is 357 g/mol. The fraction of sp³-hybridized carbons (Fsp3) is 0.118. The third kappa shape index (κ3) is 2.31. The minimum Gasteiger partial charge on any atom is -0.374 e. The van der Waals surface area contributed by atoms with E-state index < -0.39 is 5.60 Å². The number of hydrogen-bond donors (Lipinski definition) is 1. The first kappa shape index (κ1) is 15.3. The van der Waals surface area contributed by atoms with Crippen molar-refractivity contribution in [3.05, 3.63) is 75.2 Å². The van der Waals surface area contributed by atoms with Crippen LogP contribution in [0.15, 0.2) is 54.0 Å². The highest BCUT2D eigenvalue weighted by molar-refractivity contribution is 7.09. The summed E-state index contributed by atoms with van der Waals surface area (Å²) >= 11 is 7.41. The Bertz CT molecular complexity index is 997. The fourth-order valence-corrected chi connectivity index (χ4v) is 3.67. The van der Waals surface area contributed by atoms with Gasteiger partial charge in [-0.1, -0.05) is 35.0 Å². The van der Waals surface area contributed by atoms with Gasteiger partial charge in [-0.15, -0.1) is 16.4 Å². The van der Waals surface area contributed by atoms with Crippen LogP contribution in [-0.4, -0.2) is 25.1 Å². The van der Waals surface area contributed by atoms with Crippen LogP contribution in [0.3, 0.4) is 0 Å². The molecule has 4 aromatic rings. The molecule has 0 aliphatic heterocycles. The van der Waals surface area contributed by atoms with E-state index in [1.165, 1.54) is 11.3 Å². The molecule has 24 heavy (non-hydrogen) atoms. The van der Waals surface area contributed by atoms with Crippen molar-refractivity contribution in [3.63, 3.8) is 0 Å². The molecule has 1 N–H and O–H groups in total. The van der Waals surface area contributed by atoms with Gasteiger partial charge >= 0.3 is 0 Å². The van der Waals surface area contributed by atoms with E-state index in [-0.39, 0.29) is 0 Å². The molecule has 0 saturated heterocycles. The zero-order valence-corrected chi connectivity index (χ0v) is 14.3. The molecule has 0 aliphatic rings. The Balaban J connectivity index is 1.98. The van der Waals surface area contributed by atoms with E-state index in [0.717, 1.165) is 11.0 Å². The fourth-order valence-electron chi connectivity index (χ4n) is 2.76. The Kier molecular flexibility index (Phi) is 3.60. The molecule has 120 valence electrons. The summed E-state index contributed by atoms with van der Waals surface area (Å²) in [5.41, 5.74) is 1.67. The molecule has 0 bridgehead atoms. The van der Waals surface area contributed by atoms with Gasteiger partial charge in [0, 0.05) is 23.6 Å². The normalized spacial score (nSPS) is 14.0. The van der Waals surface area contributed by atoms with E-state index in [2.05, 4.69) is 15.3 Å². The molecule has 4 rings (SSSR count). The highest BCUT2D eigenvalue weighted by Gasteiger charge is 2.36. The van der Waals surface area contributed by atoms with E-state index in [0.29, 0.717) is 21.2 Å². The van der Waals surface area contributed by atoms with Crippen LogP contribution in [0.4, 0.5) is 0 Å². The molecule has 2 heterocycles. The van der Waals surface area contributed by atoms with Crippen molar-refractivity contribution < 1.29 is 5.11 Å². The van der Waals surface area contributed by atoms with Crippen LogP contribution < -0.4 is 0 Å². The third-order valence-electron chi connectivity index (χ3n) is 4.03. The van der Waals surface area contributed by atoms with Crippen molar-refractivity contribution in [2.24, 2.45) is 7.05 Å². The Hall–Kier alpha value is -2.28. The zero-order chi connectivity index (χ0) is 16.7. The van der Waals surface area contributed by atoms with E-state index in [4.69, 9.17) is 11.6 Å². The maximum absolute atomic E-state index is 11.6. The first-order chi connectivity index (χ1) is 11.6. The van der Waals surface area contributed by atoms with Crippen molar-refractivity contribution in [2.45, 2.75) is 5.60 Å². The Labute approximate surface area is 147 Å². The lowest BCUT2D eigenvalue weighted by atomic mass is 9.86. The summed E-state index contributed by atoms with van der Waals surface area (Å²) in [7, 11) is 1.82. The molecule has 2 aromatic carbocycles. The molecule has 5 nitrogen and oxygen atoms in total. The summed E-state index contributed by atoms with van der Waals surface area (Å²) in [4.78, 5) is 4.35. The second kappa shape index (κ2) is 5.66. The highest BCUT2D eigenvalue weighted by Crippen LogP contribution is 2.38. The Morgan fingerprint density at radius 3 is 2.58 bits per heavy atom. The first-order valence-corrected chi connectivity index (χ1v) is 8.53. The summed E-state index contributed by atoms with van der Waals surface area (Å²) in [6, 6.07) is 12.8. The van der Waals surface area contributed by atoms with Crippen molar-refractivity contribution in [2.75, 3.05) is 0 Å². The summed E-state index contributed by atoms with van der Waals surface area (Å²) in [6.07, 6.45) is 1.69. The lowest BCUT2D eigenvalue weighted by Gasteiger charge is -2.27. The average Bonchev–Trinajstić information content (AvgIpc) is 3.25. The van der Waals surface area contributed by atoms with Crippen molar-refractivity contribution in [3.8, 4) is 0 Å². The van der Waals surface area contributed by atoms with Crippen LogP contribution in [-0.2, 0) is 12.6 Å². The number of aromatic nitrogens is 4. The number of benzene rings is 2. The standard InChI is InChI=1S/C17H13ClN4OS/c1-22-15-10-12(4-7-14(15)20-21-22)17(23,16-19-8-9-24-16)11-2-5-13(18)6-3-11/h2-10,23H,1H3. The predicted octanol–water partition coefficient (Wildman–Crippen LogP) is 3.36. The molecule has 0 spiro atoms. The maximum atomic E-state index is 11.6. The number of thiazole rings is 1. The molecule has 0 radical (unpaired) electrons. The van der Waals surface area contributed by atoms with Crippen LogP contribution in [0.5, 0.6) is 0 Å². The number of aryl methyl sites for hydroxylation is 1. The second-order valence-electron chi connectivity index (χ2n) is 5.47. The lowest BCUT2D eigenvalue weighted by molar-refractivity contribution is 0.125. The Morgan fingerprint density at radius 1 is 1.12 bits per heavy atom. The number of hydrogen-bond acceptors (Lipinski definition) is 5. The van der Waals surface area contributed by atoms with Gasteiger partial charge in [0.2, 0.25) is 0 Å². The number of fused-ring (bicyclic) bond motifs is 1. The number of rotatable bonds is 3. The van der Waals surface area contributed by atoms with Gasteiger partial charge in [-0.2, -0.15) is 0 Å². The number of aliphatic hydroxyl groups is 1. The monoisotopic (exact) mass is 356 g/mol. The molecule has 0 fully saturated rings. The van der Waals surface area contributed by atoms with Gasteiger partial charge in [0.15, 0.2) is 5.60 Å². The van der Waals surface area contributed by atoms with E-state index in [9.17, 15) is 5.11 Å². The van der Waals surface area contributed by atoms with Crippen molar-refractivity contribution >= 4 is 34.0 Å². The van der Waals surface area contributed by atoms with Crippen LogP contribution in [0.2, 0.25) is 5.02 Å². The van der Waals surface area contributed by atoms with E-state index >= 15 is 0 Å². The lowest BCUT2D eigenvalue weighted by Crippen LogP contribution is -2.28. The smallest absolute Gasteiger partial charge is 0.166 e. The minimum absolute atomic E-state index is 0.597. The van der Waals surface area contributed by atoms with Crippen molar-refractivity contribution in [1.29, 1.82) is 0 Å². The molecular weight excluding hydrogens is 344 g/mol. The summed E-state index contributed by atoms with van der Waals surface area (Å²) < 4.78 is 1.68. The minimum atomic E-state index is -1.36. The van der Waals surface area contributed by atoms with E-state index in [1.54, 1.807) is 23.0 Å². The van der Waals surface area contributed by atoms with E-state index in [1.807, 2.05) is 42.8 Å². The van der Waals surface area contributed by atoms with Gasteiger partial charge < -0.3 is 5.11 Å². The molecule has 0 saturated carbocycles. The quantitative estimate of drug-likeness (QED) is 0.611. The molecule has 0 aliphatic carbocycles. The molecule has 0 amide bonds. The van der Waals surface area contributed by atoms with Crippen LogP contribution in [0.25, 0.3) is 11.0 Å². The van der Waals surface area contributed by atoms with Crippen molar-refractivity contribution in [1.82, 2.24) is 20.0 Å². The second-order valence-corrected chi connectivity index (χ2v) is 6.80. The first-order valence-electron chi connectivity index (χ1n) is 7.27. The maximum Gasteiger partial charge on any atom is 0.166 e. The van der Waals surface area contributed by atoms with Gasteiger partial charge in [-0.05, 0) is 35.4 Å².